The Hall–Kier alpha value is -2.89. The number of benzene rings is 1. The number of aromatic nitrogens is 3. The van der Waals surface area contributed by atoms with Gasteiger partial charge in [0.25, 0.3) is 5.91 Å². The Labute approximate surface area is 127 Å². The lowest BCUT2D eigenvalue weighted by molar-refractivity contribution is 0.102. The fourth-order valence-electron chi connectivity index (χ4n) is 2.27. The van der Waals surface area contributed by atoms with Crippen LogP contribution >= 0.6 is 0 Å². The van der Waals surface area contributed by atoms with Crippen LogP contribution in [-0.4, -0.2) is 27.6 Å². The highest BCUT2D eigenvalue weighted by molar-refractivity contribution is 6.03. The average molecular weight is 296 g/mol. The Bertz CT molecular complexity index is 854. The number of amides is 1. The van der Waals surface area contributed by atoms with E-state index in [0.717, 1.165) is 22.7 Å². The molecule has 1 aromatic carbocycles. The van der Waals surface area contributed by atoms with E-state index in [4.69, 9.17) is 4.74 Å². The van der Waals surface area contributed by atoms with Crippen LogP contribution in [-0.2, 0) is 0 Å². The smallest absolute Gasteiger partial charge is 0.274 e. The zero-order valence-corrected chi connectivity index (χ0v) is 12.6. The number of ether oxygens (including phenoxy) is 1. The normalized spacial score (nSPS) is 10.7. The van der Waals surface area contributed by atoms with Crippen LogP contribution in [0.25, 0.3) is 5.65 Å². The molecule has 0 bridgehead atoms. The molecule has 2 heterocycles. The standard InChI is InChI=1S/C16H16N4O2/c1-10-8-12(22-3)4-5-13(10)19-16(21)14-9-11(2)20-15(18-14)6-7-17-20/h4-9H,1-3H3,(H,19,21). The van der Waals surface area contributed by atoms with Crippen LogP contribution in [0.2, 0.25) is 0 Å². The van der Waals surface area contributed by atoms with E-state index in [1.165, 1.54) is 0 Å². The zero-order chi connectivity index (χ0) is 15.7. The largest absolute Gasteiger partial charge is 0.497 e. The van der Waals surface area contributed by atoms with Crippen molar-refractivity contribution in [1.82, 2.24) is 14.6 Å². The van der Waals surface area contributed by atoms with Crippen LogP contribution in [0, 0.1) is 13.8 Å². The summed E-state index contributed by atoms with van der Waals surface area (Å²) in [4.78, 5) is 16.7. The molecule has 1 N–H and O–H groups in total. The Kier molecular flexibility index (Phi) is 3.50. The highest BCUT2D eigenvalue weighted by Crippen LogP contribution is 2.21. The van der Waals surface area contributed by atoms with E-state index in [9.17, 15) is 4.79 Å². The number of methoxy groups -OCH3 is 1. The van der Waals surface area contributed by atoms with Gasteiger partial charge in [0.05, 0.1) is 13.3 Å². The molecule has 22 heavy (non-hydrogen) atoms. The van der Waals surface area contributed by atoms with E-state index in [1.54, 1.807) is 36.0 Å². The Morgan fingerprint density at radius 2 is 2.05 bits per heavy atom. The first kappa shape index (κ1) is 14.1. The summed E-state index contributed by atoms with van der Waals surface area (Å²) in [6.07, 6.45) is 1.66. The van der Waals surface area contributed by atoms with Gasteiger partial charge in [-0.2, -0.15) is 5.10 Å². The van der Waals surface area contributed by atoms with Crippen molar-refractivity contribution in [3.63, 3.8) is 0 Å². The van der Waals surface area contributed by atoms with Crippen LogP contribution in [0.1, 0.15) is 21.7 Å². The van der Waals surface area contributed by atoms with E-state index >= 15 is 0 Å². The third-order valence-corrected chi connectivity index (χ3v) is 3.45. The maximum atomic E-state index is 12.4. The Balaban J connectivity index is 1.90. The molecule has 3 rings (SSSR count). The number of nitrogens with zero attached hydrogens (tertiary/aromatic N) is 3. The number of fused-ring (bicyclic) bond motifs is 1. The molecule has 1 amide bonds. The second-order valence-corrected chi connectivity index (χ2v) is 5.02. The predicted molar refractivity (Wildman–Crippen MR) is 83.4 cm³/mol. The molecule has 0 atom stereocenters. The molecule has 6 nitrogen and oxygen atoms in total. The predicted octanol–water partition coefficient (Wildman–Crippen LogP) is 2.61. The fraction of sp³-hybridized carbons (Fsp3) is 0.188. The first-order chi connectivity index (χ1) is 10.6. The van der Waals surface area contributed by atoms with Gasteiger partial charge in [-0.15, -0.1) is 0 Å². The van der Waals surface area contributed by atoms with Gasteiger partial charge < -0.3 is 10.1 Å². The number of hydrogen-bond donors (Lipinski definition) is 1. The lowest BCUT2D eigenvalue weighted by Crippen LogP contribution is -2.15. The molecular weight excluding hydrogens is 280 g/mol. The van der Waals surface area contributed by atoms with Crippen molar-refractivity contribution in [1.29, 1.82) is 0 Å². The van der Waals surface area contributed by atoms with Gasteiger partial charge in [-0.25, -0.2) is 9.50 Å². The van der Waals surface area contributed by atoms with Crippen molar-refractivity contribution in [2.45, 2.75) is 13.8 Å². The number of carbonyl (C=O) groups is 1. The van der Waals surface area contributed by atoms with Crippen molar-refractivity contribution < 1.29 is 9.53 Å². The Morgan fingerprint density at radius 1 is 1.23 bits per heavy atom. The van der Waals surface area contributed by atoms with Gasteiger partial charge in [0.1, 0.15) is 11.4 Å². The summed E-state index contributed by atoms with van der Waals surface area (Å²) in [5.41, 5.74) is 3.53. The number of hydrogen-bond acceptors (Lipinski definition) is 4. The minimum atomic E-state index is -0.250. The number of carbonyl (C=O) groups excluding carboxylic acids is 1. The third-order valence-electron chi connectivity index (χ3n) is 3.45. The molecule has 0 unspecified atom stereocenters. The molecular formula is C16H16N4O2. The van der Waals surface area contributed by atoms with E-state index in [1.807, 2.05) is 26.0 Å². The lowest BCUT2D eigenvalue weighted by Gasteiger charge is -2.10. The summed E-state index contributed by atoms with van der Waals surface area (Å²) in [5, 5.41) is 7.02. The summed E-state index contributed by atoms with van der Waals surface area (Å²) >= 11 is 0. The maximum Gasteiger partial charge on any atom is 0.274 e. The molecule has 0 saturated heterocycles. The van der Waals surface area contributed by atoms with Crippen LogP contribution < -0.4 is 10.1 Å². The molecule has 2 aromatic heterocycles. The SMILES string of the molecule is COc1ccc(NC(=O)c2cc(C)n3nccc3n2)c(C)c1. The molecule has 6 heteroatoms. The molecule has 0 saturated carbocycles. The van der Waals surface area contributed by atoms with Gasteiger partial charge in [0.2, 0.25) is 0 Å². The van der Waals surface area contributed by atoms with Crippen LogP contribution in [0.4, 0.5) is 5.69 Å². The molecule has 3 aromatic rings. The number of nitrogens with one attached hydrogen (secondary N) is 1. The summed E-state index contributed by atoms with van der Waals surface area (Å²) < 4.78 is 6.85. The van der Waals surface area contributed by atoms with Gasteiger partial charge in [-0.05, 0) is 43.7 Å². The first-order valence-corrected chi connectivity index (χ1v) is 6.86. The molecule has 0 radical (unpaired) electrons. The van der Waals surface area contributed by atoms with E-state index in [-0.39, 0.29) is 5.91 Å². The minimum absolute atomic E-state index is 0.250. The number of aryl methyl sites for hydroxylation is 2. The monoisotopic (exact) mass is 296 g/mol. The molecule has 0 aliphatic heterocycles. The molecule has 112 valence electrons. The van der Waals surface area contributed by atoms with Gasteiger partial charge in [0.15, 0.2) is 5.65 Å². The van der Waals surface area contributed by atoms with Crippen LogP contribution in [0.5, 0.6) is 5.75 Å². The maximum absolute atomic E-state index is 12.4. The first-order valence-electron chi connectivity index (χ1n) is 6.86. The van der Waals surface area contributed by atoms with E-state index < -0.39 is 0 Å². The van der Waals surface area contributed by atoms with Crippen molar-refractivity contribution in [2.75, 3.05) is 12.4 Å². The molecule has 0 spiro atoms. The summed E-state index contributed by atoms with van der Waals surface area (Å²) in [6.45, 7) is 3.80. The number of anilines is 1. The highest BCUT2D eigenvalue weighted by atomic mass is 16.5. The second kappa shape index (κ2) is 5.48. The fourth-order valence-corrected chi connectivity index (χ4v) is 2.27. The quantitative estimate of drug-likeness (QED) is 0.806. The van der Waals surface area contributed by atoms with Crippen molar-refractivity contribution in [3.8, 4) is 5.75 Å². The summed E-state index contributed by atoms with van der Waals surface area (Å²) in [5.74, 6) is 0.505. The highest BCUT2D eigenvalue weighted by Gasteiger charge is 2.12. The van der Waals surface area contributed by atoms with Crippen molar-refractivity contribution >= 4 is 17.2 Å². The molecule has 0 aliphatic rings. The van der Waals surface area contributed by atoms with Crippen molar-refractivity contribution in [3.05, 3.63) is 53.5 Å². The summed E-state index contributed by atoms with van der Waals surface area (Å²) in [6, 6.07) is 8.97. The van der Waals surface area contributed by atoms with Gasteiger partial charge in [-0.1, -0.05) is 0 Å². The third kappa shape index (κ3) is 2.50. The minimum Gasteiger partial charge on any atom is -0.497 e. The van der Waals surface area contributed by atoms with Crippen LogP contribution in [0.15, 0.2) is 36.5 Å². The topological polar surface area (TPSA) is 68.5 Å². The average Bonchev–Trinajstić information content (AvgIpc) is 2.98. The molecule has 0 aliphatic carbocycles. The van der Waals surface area contributed by atoms with Crippen LogP contribution in [0.3, 0.4) is 0 Å². The zero-order valence-electron chi connectivity index (χ0n) is 12.6. The second-order valence-electron chi connectivity index (χ2n) is 5.02. The molecule has 0 fully saturated rings. The Morgan fingerprint density at radius 3 is 2.77 bits per heavy atom. The van der Waals surface area contributed by atoms with E-state index in [0.29, 0.717) is 11.3 Å². The van der Waals surface area contributed by atoms with E-state index in [2.05, 4.69) is 15.4 Å². The lowest BCUT2D eigenvalue weighted by atomic mass is 10.2. The van der Waals surface area contributed by atoms with Gasteiger partial charge in [-0.3, -0.25) is 4.79 Å². The van der Waals surface area contributed by atoms with Gasteiger partial charge in [0, 0.05) is 17.4 Å². The summed E-state index contributed by atoms with van der Waals surface area (Å²) in [7, 11) is 1.61. The van der Waals surface area contributed by atoms with Gasteiger partial charge >= 0.3 is 0 Å². The number of rotatable bonds is 3. The van der Waals surface area contributed by atoms with Crippen molar-refractivity contribution in [2.24, 2.45) is 0 Å².